The van der Waals surface area contributed by atoms with Gasteiger partial charge in [0.2, 0.25) is 5.91 Å². The van der Waals surface area contributed by atoms with Gasteiger partial charge in [-0.3, -0.25) is 4.79 Å². The van der Waals surface area contributed by atoms with Crippen LogP contribution in [0.15, 0.2) is 48.5 Å². The van der Waals surface area contributed by atoms with Crippen LogP contribution in [0.1, 0.15) is 19.3 Å². The first kappa shape index (κ1) is 17.5. The largest absolute Gasteiger partial charge is 0.496 e. The van der Waals surface area contributed by atoms with Gasteiger partial charge in [0.25, 0.3) is 0 Å². The molecule has 5 heteroatoms. The van der Waals surface area contributed by atoms with Gasteiger partial charge in [0, 0.05) is 17.8 Å². The van der Waals surface area contributed by atoms with E-state index in [-0.39, 0.29) is 12.3 Å². The number of piperidine rings is 1. The quantitative estimate of drug-likeness (QED) is 0.783. The summed E-state index contributed by atoms with van der Waals surface area (Å²) in [6.45, 7) is 1.35. The molecule has 5 nitrogen and oxygen atoms in total. The van der Waals surface area contributed by atoms with Gasteiger partial charge in [-0.25, -0.2) is 0 Å². The van der Waals surface area contributed by atoms with Crippen LogP contribution in [0.5, 0.6) is 5.75 Å². The van der Waals surface area contributed by atoms with Crippen molar-refractivity contribution in [2.75, 3.05) is 25.5 Å². The smallest absolute Gasteiger partial charge is 0.227 e. The standard InChI is InChI=1S/C20H24N2O3/c1-25-18-9-3-2-8-17(18)15-6-4-7-16(12-15)22-19(23)13-20(24)10-5-11-21-14-20/h2-4,6-9,12,21,24H,5,10-11,13-14H2,1H3,(H,22,23). The maximum Gasteiger partial charge on any atom is 0.227 e. The highest BCUT2D eigenvalue weighted by molar-refractivity contribution is 5.92. The van der Waals surface area contributed by atoms with E-state index in [1.807, 2.05) is 48.5 Å². The lowest BCUT2D eigenvalue weighted by molar-refractivity contribution is -0.121. The minimum Gasteiger partial charge on any atom is -0.496 e. The van der Waals surface area contributed by atoms with E-state index in [4.69, 9.17) is 4.74 Å². The Kier molecular flexibility index (Phi) is 5.36. The van der Waals surface area contributed by atoms with Gasteiger partial charge < -0.3 is 20.5 Å². The van der Waals surface area contributed by atoms with Gasteiger partial charge in [-0.1, -0.05) is 30.3 Å². The summed E-state index contributed by atoms with van der Waals surface area (Å²) in [5.41, 5.74) is 1.69. The molecule has 1 aliphatic heterocycles. The number of benzene rings is 2. The van der Waals surface area contributed by atoms with Crippen LogP contribution in [0.4, 0.5) is 5.69 Å². The second kappa shape index (κ2) is 7.68. The number of hydrogen-bond donors (Lipinski definition) is 3. The highest BCUT2D eigenvalue weighted by Gasteiger charge is 2.31. The van der Waals surface area contributed by atoms with Crippen molar-refractivity contribution in [1.82, 2.24) is 5.32 Å². The van der Waals surface area contributed by atoms with Crippen molar-refractivity contribution in [2.24, 2.45) is 0 Å². The van der Waals surface area contributed by atoms with Gasteiger partial charge in [-0.05, 0) is 43.1 Å². The van der Waals surface area contributed by atoms with Gasteiger partial charge in [-0.15, -0.1) is 0 Å². The average Bonchev–Trinajstić information content (AvgIpc) is 2.62. The zero-order valence-corrected chi connectivity index (χ0v) is 14.4. The second-order valence-electron chi connectivity index (χ2n) is 6.51. The number of ether oxygens (including phenoxy) is 1. The number of aliphatic hydroxyl groups is 1. The van der Waals surface area contributed by atoms with Crippen LogP contribution < -0.4 is 15.4 Å². The summed E-state index contributed by atoms with van der Waals surface area (Å²) in [6.07, 6.45) is 1.63. The van der Waals surface area contributed by atoms with Crippen molar-refractivity contribution >= 4 is 11.6 Å². The van der Waals surface area contributed by atoms with Crippen LogP contribution in [0.3, 0.4) is 0 Å². The van der Waals surface area contributed by atoms with Crippen LogP contribution in [-0.2, 0) is 4.79 Å². The Morgan fingerprint density at radius 3 is 2.88 bits per heavy atom. The normalized spacial score (nSPS) is 20.1. The van der Waals surface area contributed by atoms with Gasteiger partial charge in [-0.2, -0.15) is 0 Å². The minimum atomic E-state index is -0.956. The van der Waals surface area contributed by atoms with Gasteiger partial charge in [0.1, 0.15) is 5.75 Å². The molecule has 2 aromatic carbocycles. The molecule has 0 bridgehead atoms. The predicted octanol–water partition coefficient (Wildman–Crippen LogP) is 2.81. The number of methoxy groups -OCH3 is 1. The topological polar surface area (TPSA) is 70.6 Å². The molecule has 2 aromatic rings. The van der Waals surface area contributed by atoms with Crippen LogP contribution in [0.2, 0.25) is 0 Å². The minimum absolute atomic E-state index is 0.0961. The Morgan fingerprint density at radius 2 is 2.12 bits per heavy atom. The summed E-state index contributed by atoms with van der Waals surface area (Å²) in [4.78, 5) is 12.3. The Balaban J connectivity index is 1.72. The SMILES string of the molecule is COc1ccccc1-c1cccc(NC(=O)CC2(O)CCCNC2)c1. The Labute approximate surface area is 148 Å². The number of hydrogen-bond acceptors (Lipinski definition) is 4. The third-order valence-electron chi connectivity index (χ3n) is 4.50. The highest BCUT2D eigenvalue weighted by atomic mass is 16.5. The molecule has 1 amide bonds. The van der Waals surface area contributed by atoms with Crippen molar-refractivity contribution in [1.29, 1.82) is 0 Å². The molecule has 132 valence electrons. The number of amides is 1. The number of nitrogens with one attached hydrogen (secondary N) is 2. The molecule has 1 heterocycles. The van der Waals surface area contributed by atoms with E-state index in [9.17, 15) is 9.90 Å². The molecule has 1 unspecified atom stereocenters. The molecule has 0 saturated carbocycles. The lowest BCUT2D eigenvalue weighted by Gasteiger charge is -2.32. The number of para-hydroxylation sites is 1. The molecule has 1 saturated heterocycles. The Morgan fingerprint density at radius 1 is 1.28 bits per heavy atom. The van der Waals surface area contributed by atoms with Crippen molar-refractivity contribution < 1.29 is 14.6 Å². The lowest BCUT2D eigenvalue weighted by atomic mass is 9.90. The molecule has 1 aliphatic rings. The zero-order valence-electron chi connectivity index (χ0n) is 14.4. The number of rotatable bonds is 5. The Hall–Kier alpha value is -2.37. The molecule has 0 spiro atoms. The third kappa shape index (κ3) is 4.38. The van der Waals surface area contributed by atoms with Crippen LogP contribution in [0.25, 0.3) is 11.1 Å². The number of β-amino-alcohol motifs (C(OH)–C–C–N with tert-alkyl or cyclic N) is 1. The fraction of sp³-hybridized carbons (Fsp3) is 0.350. The first-order chi connectivity index (χ1) is 12.1. The molecule has 0 aromatic heterocycles. The van der Waals surface area contributed by atoms with Crippen molar-refractivity contribution in [2.45, 2.75) is 24.9 Å². The maximum atomic E-state index is 12.3. The molecule has 0 aliphatic carbocycles. The molecular formula is C20H24N2O3. The van der Waals surface area contributed by atoms with Crippen molar-refractivity contribution in [3.8, 4) is 16.9 Å². The van der Waals surface area contributed by atoms with E-state index in [0.29, 0.717) is 18.7 Å². The molecule has 0 radical (unpaired) electrons. The average molecular weight is 340 g/mol. The summed E-state index contributed by atoms with van der Waals surface area (Å²) in [5, 5.41) is 16.5. The van der Waals surface area contributed by atoms with E-state index >= 15 is 0 Å². The summed E-state index contributed by atoms with van der Waals surface area (Å²) in [6, 6.07) is 15.4. The van der Waals surface area contributed by atoms with E-state index < -0.39 is 5.60 Å². The maximum absolute atomic E-state index is 12.3. The van der Waals surface area contributed by atoms with Gasteiger partial charge in [0.05, 0.1) is 19.1 Å². The fourth-order valence-electron chi connectivity index (χ4n) is 3.25. The molecule has 1 fully saturated rings. The van der Waals surface area contributed by atoms with Gasteiger partial charge in [0.15, 0.2) is 0 Å². The van der Waals surface area contributed by atoms with Crippen LogP contribution in [-0.4, -0.2) is 36.8 Å². The molecule has 3 rings (SSSR count). The van der Waals surface area contributed by atoms with Crippen LogP contribution in [0, 0.1) is 0 Å². The van der Waals surface area contributed by atoms with E-state index in [1.165, 1.54) is 0 Å². The first-order valence-electron chi connectivity index (χ1n) is 8.56. The van der Waals surface area contributed by atoms with Crippen LogP contribution >= 0.6 is 0 Å². The lowest BCUT2D eigenvalue weighted by Crippen LogP contribution is -2.47. The fourth-order valence-corrected chi connectivity index (χ4v) is 3.25. The molecule has 25 heavy (non-hydrogen) atoms. The third-order valence-corrected chi connectivity index (χ3v) is 4.50. The van der Waals surface area contributed by atoms with E-state index in [1.54, 1.807) is 7.11 Å². The number of carbonyl (C=O) groups excluding carboxylic acids is 1. The van der Waals surface area contributed by atoms with Gasteiger partial charge >= 0.3 is 0 Å². The summed E-state index contributed by atoms with van der Waals surface area (Å²) in [5.74, 6) is 0.608. The summed E-state index contributed by atoms with van der Waals surface area (Å²) < 4.78 is 5.41. The van der Waals surface area contributed by atoms with E-state index in [2.05, 4.69) is 10.6 Å². The van der Waals surface area contributed by atoms with Crippen molar-refractivity contribution in [3.63, 3.8) is 0 Å². The van der Waals surface area contributed by atoms with Crippen molar-refractivity contribution in [3.05, 3.63) is 48.5 Å². The predicted molar refractivity (Wildman–Crippen MR) is 98.7 cm³/mol. The van der Waals surface area contributed by atoms with E-state index in [0.717, 1.165) is 29.8 Å². The number of carbonyl (C=O) groups is 1. The summed E-state index contributed by atoms with van der Waals surface area (Å²) in [7, 11) is 1.64. The monoisotopic (exact) mass is 340 g/mol. The second-order valence-corrected chi connectivity index (χ2v) is 6.51. The zero-order chi connectivity index (χ0) is 17.7. The first-order valence-corrected chi connectivity index (χ1v) is 8.56. The molecule has 3 N–H and O–H groups in total. The highest BCUT2D eigenvalue weighted by Crippen LogP contribution is 2.31. The summed E-state index contributed by atoms with van der Waals surface area (Å²) >= 11 is 0. The Bertz CT molecular complexity index is 739. The molecular weight excluding hydrogens is 316 g/mol. The number of anilines is 1. The molecule has 1 atom stereocenters.